The lowest BCUT2D eigenvalue weighted by Gasteiger charge is -2.24. The van der Waals surface area contributed by atoms with Crippen molar-refractivity contribution in [2.75, 3.05) is 13.1 Å². The number of carbonyl (C=O) groups excluding carboxylic acids is 2. The summed E-state index contributed by atoms with van der Waals surface area (Å²) in [5.41, 5.74) is 6.33. The zero-order valence-corrected chi connectivity index (χ0v) is 13.9. The quantitative estimate of drug-likeness (QED) is 0.755. The molecular formula is C16H20BrN3O2. The molecule has 1 saturated carbocycles. The van der Waals surface area contributed by atoms with Crippen molar-refractivity contribution >= 4 is 27.7 Å². The summed E-state index contributed by atoms with van der Waals surface area (Å²) in [5, 5.41) is 6.16. The van der Waals surface area contributed by atoms with E-state index in [0.717, 1.165) is 36.8 Å². The number of nitrogens with one attached hydrogen (secondary N) is 2. The Bertz CT molecular complexity index is 599. The van der Waals surface area contributed by atoms with Crippen LogP contribution in [0.4, 0.5) is 0 Å². The highest BCUT2D eigenvalue weighted by Crippen LogP contribution is 2.58. The Morgan fingerprint density at radius 3 is 2.73 bits per heavy atom. The molecule has 1 saturated heterocycles. The van der Waals surface area contributed by atoms with Gasteiger partial charge < -0.3 is 16.4 Å². The first kappa shape index (κ1) is 15.5. The molecule has 2 aliphatic rings. The van der Waals surface area contributed by atoms with Gasteiger partial charge in [-0.3, -0.25) is 9.59 Å². The number of nitrogens with two attached hydrogens (primary N) is 1. The van der Waals surface area contributed by atoms with E-state index in [2.05, 4.69) is 26.6 Å². The third kappa shape index (κ3) is 3.03. The number of rotatable bonds is 4. The predicted octanol–water partition coefficient (Wildman–Crippen LogP) is 1.48. The van der Waals surface area contributed by atoms with E-state index < -0.39 is 11.9 Å². The Balaban J connectivity index is 1.70. The maximum absolute atomic E-state index is 12.5. The summed E-state index contributed by atoms with van der Waals surface area (Å²) < 4.78 is 0.853. The molecule has 0 aromatic heterocycles. The molecule has 2 fully saturated rings. The van der Waals surface area contributed by atoms with Gasteiger partial charge in [-0.05, 0) is 55.5 Å². The molecule has 0 bridgehead atoms. The van der Waals surface area contributed by atoms with E-state index in [1.165, 1.54) is 0 Å². The van der Waals surface area contributed by atoms with E-state index in [-0.39, 0.29) is 17.2 Å². The summed E-state index contributed by atoms with van der Waals surface area (Å²) in [6.07, 6.45) is 2.98. The second-order valence-electron chi connectivity index (χ2n) is 6.27. The number of hydrogen-bond donors (Lipinski definition) is 3. The number of primary amides is 1. The van der Waals surface area contributed by atoms with Crippen molar-refractivity contribution < 1.29 is 9.59 Å². The van der Waals surface area contributed by atoms with Gasteiger partial charge in [-0.1, -0.05) is 28.1 Å². The van der Waals surface area contributed by atoms with Crippen LogP contribution in [0.2, 0.25) is 0 Å². The molecule has 1 aliphatic carbocycles. The standard InChI is InChI=1S/C16H20BrN3O2/c17-11-3-1-2-10(8-11)13(14(18)21)20-15(22)12-9-16(12)4-6-19-7-5-16/h1-3,8,12-13,19H,4-7,9H2,(H2,18,21)(H,20,22). The lowest BCUT2D eigenvalue weighted by molar-refractivity contribution is -0.128. The lowest BCUT2D eigenvalue weighted by Crippen LogP contribution is -2.40. The van der Waals surface area contributed by atoms with Gasteiger partial charge in [0.2, 0.25) is 11.8 Å². The number of carbonyl (C=O) groups is 2. The van der Waals surface area contributed by atoms with E-state index in [1.54, 1.807) is 6.07 Å². The summed E-state index contributed by atoms with van der Waals surface area (Å²) in [6, 6.07) is 6.53. The van der Waals surface area contributed by atoms with Gasteiger partial charge in [0.15, 0.2) is 0 Å². The first-order valence-corrected chi connectivity index (χ1v) is 8.37. The molecule has 1 aromatic rings. The molecule has 1 aromatic carbocycles. The van der Waals surface area contributed by atoms with Crippen LogP contribution in [-0.2, 0) is 9.59 Å². The fourth-order valence-corrected chi connectivity index (χ4v) is 3.86. The van der Waals surface area contributed by atoms with Gasteiger partial charge in [-0.25, -0.2) is 0 Å². The molecule has 2 atom stereocenters. The van der Waals surface area contributed by atoms with Crippen molar-refractivity contribution in [3.63, 3.8) is 0 Å². The summed E-state index contributed by atoms with van der Waals surface area (Å²) in [6.45, 7) is 1.93. The van der Waals surface area contributed by atoms with Crippen molar-refractivity contribution in [1.82, 2.24) is 10.6 Å². The van der Waals surface area contributed by atoms with Gasteiger partial charge >= 0.3 is 0 Å². The van der Waals surface area contributed by atoms with Crippen LogP contribution >= 0.6 is 15.9 Å². The van der Waals surface area contributed by atoms with Gasteiger partial charge in [-0.15, -0.1) is 0 Å². The Labute approximate surface area is 138 Å². The molecule has 0 radical (unpaired) electrons. The molecule has 3 rings (SSSR count). The summed E-state index contributed by atoms with van der Waals surface area (Å²) >= 11 is 3.37. The van der Waals surface area contributed by atoms with Crippen LogP contribution < -0.4 is 16.4 Å². The first-order chi connectivity index (χ1) is 10.5. The maximum Gasteiger partial charge on any atom is 0.244 e. The van der Waals surface area contributed by atoms with Crippen LogP contribution in [-0.4, -0.2) is 24.9 Å². The molecule has 22 heavy (non-hydrogen) atoms. The van der Waals surface area contributed by atoms with Crippen molar-refractivity contribution in [3.05, 3.63) is 34.3 Å². The van der Waals surface area contributed by atoms with Crippen molar-refractivity contribution in [1.29, 1.82) is 0 Å². The first-order valence-electron chi connectivity index (χ1n) is 7.58. The SMILES string of the molecule is NC(=O)C(NC(=O)C1CC12CCNCC2)c1cccc(Br)c1. The lowest BCUT2D eigenvalue weighted by atomic mass is 9.91. The van der Waals surface area contributed by atoms with Gasteiger partial charge in [0, 0.05) is 10.4 Å². The smallest absolute Gasteiger partial charge is 0.244 e. The highest BCUT2D eigenvalue weighted by Gasteiger charge is 2.57. The molecule has 1 heterocycles. The number of piperidine rings is 1. The summed E-state index contributed by atoms with van der Waals surface area (Å²) in [7, 11) is 0. The van der Waals surface area contributed by atoms with E-state index in [1.807, 2.05) is 18.2 Å². The second kappa shape index (κ2) is 6.01. The topological polar surface area (TPSA) is 84.2 Å². The van der Waals surface area contributed by atoms with Crippen LogP contribution in [0.5, 0.6) is 0 Å². The third-order valence-electron chi connectivity index (χ3n) is 4.86. The molecule has 2 unspecified atom stereocenters. The van der Waals surface area contributed by atoms with Crippen LogP contribution in [0.3, 0.4) is 0 Å². The minimum atomic E-state index is -0.774. The molecule has 4 N–H and O–H groups in total. The van der Waals surface area contributed by atoms with E-state index >= 15 is 0 Å². The fourth-order valence-electron chi connectivity index (χ4n) is 3.44. The largest absolute Gasteiger partial charge is 0.368 e. The normalized spacial score (nSPS) is 23.8. The molecule has 5 nitrogen and oxygen atoms in total. The Kier molecular flexibility index (Phi) is 4.23. The van der Waals surface area contributed by atoms with Crippen LogP contribution in [0.15, 0.2) is 28.7 Å². The van der Waals surface area contributed by atoms with Gasteiger partial charge in [0.05, 0.1) is 0 Å². The van der Waals surface area contributed by atoms with Crippen LogP contribution in [0.1, 0.15) is 30.9 Å². The monoisotopic (exact) mass is 365 g/mol. The van der Waals surface area contributed by atoms with Crippen molar-refractivity contribution in [3.8, 4) is 0 Å². The molecule has 6 heteroatoms. The number of halogens is 1. The average molecular weight is 366 g/mol. The summed E-state index contributed by atoms with van der Waals surface area (Å²) in [4.78, 5) is 24.2. The van der Waals surface area contributed by atoms with E-state index in [0.29, 0.717) is 5.56 Å². The maximum atomic E-state index is 12.5. The zero-order valence-electron chi connectivity index (χ0n) is 12.3. The second-order valence-corrected chi connectivity index (χ2v) is 7.18. The summed E-state index contributed by atoms with van der Waals surface area (Å²) in [5.74, 6) is -0.569. The third-order valence-corrected chi connectivity index (χ3v) is 5.35. The minimum absolute atomic E-state index is 0.0172. The van der Waals surface area contributed by atoms with Crippen LogP contribution in [0, 0.1) is 11.3 Å². The fraction of sp³-hybridized carbons (Fsp3) is 0.500. The molecule has 1 aliphatic heterocycles. The number of benzene rings is 1. The molecule has 2 amide bonds. The van der Waals surface area contributed by atoms with E-state index in [9.17, 15) is 9.59 Å². The van der Waals surface area contributed by atoms with Crippen molar-refractivity contribution in [2.24, 2.45) is 17.1 Å². The zero-order chi connectivity index (χ0) is 15.7. The Morgan fingerprint density at radius 2 is 2.09 bits per heavy atom. The predicted molar refractivity (Wildman–Crippen MR) is 86.9 cm³/mol. The van der Waals surface area contributed by atoms with Gasteiger partial charge in [0.25, 0.3) is 0 Å². The molecular weight excluding hydrogens is 346 g/mol. The van der Waals surface area contributed by atoms with Gasteiger partial charge in [-0.2, -0.15) is 0 Å². The minimum Gasteiger partial charge on any atom is -0.368 e. The van der Waals surface area contributed by atoms with Crippen LogP contribution in [0.25, 0.3) is 0 Å². The Hall–Kier alpha value is -1.40. The number of amides is 2. The highest BCUT2D eigenvalue weighted by atomic mass is 79.9. The number of hydrogen-bond acceptors (Lipinski definition) is 3. The molecule has 1 spiro atoms. The molecule has 118 valence electrons. The van der Waals surface area contributed by atoms with Gasteiger partial charge in [0.1, 0.15) is 6.04 Å². The highest BCUT2D eigenvalue weighted by molar-refractivity contribution is 9.10. The average Bonchev–Trinajstić information content (AvgIpc) is 3.18. The van der Waals surface area contributed by atoms with Crippen molar-refractivity contribution in [2.45, 2.75) is 25.3 Å². The Morgan fingerprint density at radius 1 is 1.36 bits per heavy atom. The van der Waals surface area contributed by atoms with E-state index in [4.69, 9.17) is 5.73 Å².